The largest absolute Gasteiger partial charge is 0.469 e. The fraction of sp³-hybridized carbons (Fsp3) is 0.429. The molecule has 1 aliphatic carbocycles. The molecule has 102 valence electrons. The van der Waals surface area contributed by atoms with Crippen LogP contribution in [0.1, 0.15) is 24.8 Å². The van der Waals surface area contributed by atoms with Crippen molar-refractivity contribution in [2.75, 3.05) is 13.7 Å². The number of ether oxygens (including phenoxy) is 1. The molecule has 0 unspecified atom stereocenters. The normalized spacial score (nSPS) is 15.7. The predicted octanol–water partition coefficient (Wildman–Crippen LogP) is 2.05. The molecular formula is C14H16ClNO3. The molecule has 0 spiro atoms. The van der Waals surface area contributed by atoms with E-state index in [2.05, 4.69) is 10.1 Å². The number of rotatable bonds is 5. The summed E-state index contributed by atoms with van der Waals surface area (Å²) in [4.78, 5) is 23.2. The molecule has 1 aromatic carbocycles. The van der Waals surface area contributed by atoms with Crippen molar-refractivity contribution in [1.82, 2.24) is 5.32 Å². The molecule has 1 saturated carbocycles. The highest BCUT2D eigenvalue weighted by atomic mass is 35.5. The Balaban J connectivity index is 1.95. The van der Waals surface area contributed by atoms with E-state index >= 15 is 0 Å². The molecule has 1 aromatic rings. The Labute approximate surface area is 117 Å². The Kier molecular flexibility index (Phi) is 4.10. The number of methoxy groups -OCH3 is 1. The van der Waals surface area contributed by atoms with Crippen LogP contribution in [0, 0.1) is 0 Å². The molecule has 0 heterocycles. The Morgan fingerprint density at radius 1 is 1.32 bits per heavy atom. The monoisotopic (exact) mass is 281 g/mol. The number of hydrogen-bond acceptors (Lipinski definition) is 3. The third-order valence-electron chi connectivity index (χ3n) is 3.42. The molecule has 0 atom stereocenters. The number of nitrogens with one attached hydrogen (secondary N) is 1. The standard InChI is InChI=1S/C14H16ClNO3/c1-19-12(17)6-9-16-13(18)14(7-8-14)10-2-4-11(15)5-3-10/h2-5H,6-9H2,1H3,(H,16,18). The number of hydrogen-bond donors (Lipinski definition) is 1. The molecule has 1 fully saturated rings. The van der Waals surface area contributed by atoms with Crippen LogP contribution in [0.2, 0.25) is 5.02 Å². The van der Waals surface area contributed by atoms with Crippen LogP contribution in [-0.2, 0) is 19.7 Å². The summed E-state index contributed by atoms with van der Waals surface area (Å²) in [6.07, 6.45) is 1.86. The van der Waals surface area contributed by atoms with Crippen LogP contribution in [0.5, 0.6) is 0 Å². The van der Waals surface area contributed by atoms with E-state index in [1.807, 2.05) is 12.1 Å². The predicted molar refractivity (Wildman–Crippen MR) is 72.0 cm³/mol. The van der Waals surface area contributed by atoms with Crippen LogP contribution in [0.3, 0.4) is 0 Å². The van der Waals surface area contributed by atoms with Crippen LogP contribution in [0.4, 0.5) is 0 Å². The van der Waals surface area contributed by atoms with Gasteiger partial charge in [-0.2, -0.15) is 0 Å². The SMILES string of the molecule is COC(=O)CCNC(=O)C1(c2ccc(Cl)cc2)CC1. The summed E-state index contributed by atoms with van der Waals surface area (Å²) in [6.45, 7) is 0.306. The molecule has 4 nitrogen and oxygen atoms in total. The number of carbonyl (C=O) groups is 2. The Morgan fingerprint density at radius 3 is 2.47 bits per heavy atom. The first-order valence-corrected chi connectivity index (χ1v) is 6.57. The third-order valence-corrected chi connectivity index (χ3v) is 3.68. The second-order valence-corrected chi connectivity index (χ2v) is 5.11. The lowest BCUT2D eigenvalue weighted by Gasteiger charge is -2.15. The minimum Gasteiger partial charge on any atom is -0.469 e. The number of amides is 1. The quantitative estimate of drug-likeness (QED) is 0.841. The average Bonchev–Trinajstić information content (AvgIpc) is 3.20. The highest BCUT2D eigenvalue weighted by Crippen LogP contribution is 2.48. The topological polar surface area (TPSA) is 55.4 Å². The van der Waals surface area contributed by atoms with Gasteiger partial charge < -0.3 is 10.1 Å². The van der Waals surface area contributed by atoms with Crippen molar-refractivity contribution in [3.8, 4) is 0 Å². The van der Waals surface area contributed by atoms with E-state index in [9.17, 15) is 9.59 Å². The maximum Gasteiger partial charge on any atom is 0.307 e. The zero-order valence-corrected chi connectivity index (χ0v) is 11.5. The number of esters is 1. The van der Waals surface area contributed by atoms with Gasteiger partial charge in [-0.1, -0.05) is 23.7 Å². The van der Waals surface area contributed by atoms with Crippen LogP contribution >= 0.6 is 11.6 Å². The van der Waals surface area contributed by atoms with Crippen LogP contribution in [0.15, 0.2) is 24.3 Å². The lowest BCUT2D eigenvalue weighted by Crippen LogP contribution is -2.36. The molecule has 19 heavy (non-hydrogen) atoms. The van der Waals surface area contributed by atoms with Gasteiger partial charge in [-0.25, -0.2) is 0 Å². The summed E-state index contributed by atoms with van der Waals surface area (Å²) < 4.78 is 4.53. The van der Waals surface area contributed by atoms with E-state index < -0.39 is 5.41 Å². The van der Waals surface area contributed by atoms with Crippen LogP contribution < -0.4 is 5.32 Å². The molecule has 0 aliphatic heterocycles. The average molecular weight is 282 g/mol. The third kappa shape index (κ3) is 3.07. The molecular weight excluding hydrogens is 266 g/mol. The van der Waals surface area contributed by atoms with E-state index in [0.29, 0.717) is 11.6 Å². The maximum absolute atomic E-state index is 12.2. The van der Waals surface area contributed by atoms with Gasteiger partial charge in [-0.3, -0.25) is 9.59 Å². The van der Waals surface area contributed by atoms with Gasteiger partial charge in [0.15, 0.2) is 0 Å². The van der Waals surface area contributed by atoms with E-state index in [1.165, 1.54) is 7.11 Å². The van der Waals surface area contributed by atoms with Crippen molar-refractivity contribution < 1.29 is 14.3 Å². The smallest absolute Gasteiger partial charge is 0.307 e. The zero-order chi connectivity index (χ0) is 13.9. The molecule has 1 amide bonds. The van der Waals surface area contributed by atoms with Crippen molar-refractivity contribution in [2.45, 2.75) is 24.7 Å². The van der Waals surface area contributed by atoms with Gasteiger partial charge in [-0.05, 0) is 30.5 Å². The van der Waals surface area contributed by atoms with Gasteiger partial charge in [0.1, 0.15) is 0 Å². The second kappa shape index (κ2) is 5.61. The zero-order valence-electron chi connectivity index (χ0n) is 10.7. The first-order chi connectivity index (χ1) is 9.08. The Hall–Kier alpha value is -1.55. The van der Waals surface area contributed by atoms with E-state index in [0.717, 1.165) is 18.4 Å². The highest BCUT2D eigenvalue weighted by Gasteiger charge is 2.50. The minimum absolute atomic E-state index is 0.0290. The Morgan fingerprint density at radius 2 is 1.95 bits per heavy atom. The summed E-state index contributed by atoms with van der Waals surface area (Å²) in [6, 6.07) is 7.35. The molecule has 0 bridgehead atoms. The summed E-state index contributed by atoms with van der Waals surface area (Å²) >= 11 is 5.84. The molecule has 1 aliphatic rings. The van der Waals surface area contributed by atoms with Gasteiger partial charge in [-0.15, -0.1) is 0 Å². The number of halogens is 1. The van der Waals surface area contributed by atoms with E-state index in [4.69, 9.17) is 11.6 Å². The fourth-order valence-electron chi connectivity index (χ4n) is 2.09. The summed E-state index contributed by atoms with van der Waals surface area (Å²) in [5.41, 5.74) is 0.549. The minimum atomic E-state index is -0.430. The van der Waals surface area contributed by atoms with Crippen LogP contribution in [0.25, 0.3) is 0 Å². The molecule has 1 N–H and O–H groups in total. The molecule has 5 heteroatoms. The maximum atomic E-state index is 12.2. The number of benzene rings is 1. The second-order valence-electron chi connectivity index (χ2n) is 4.67. The first-order valence-electron chi connectivity index (χ1n) is 6.20. The van der Waals surface area contributed by atoms with Crippen molar-refractivity contribution in [3.63, 3.8) is 0 Å². The summed E-state index contributed by atoms with van der Waals surface area (Å²) in [7, 11) is 1.33. The van der Waals surface area contributed by atoms with Gasteiger partial charge in [0.25, 0.3) is 0 Å². The molecule has 0 aromatic heterocycles. The molecule has 0 radical (unpaired) electrons. The molecule has 2 rings (SSSR count). The first kappa shape index (κ1) is 13.9. The van der Waals surface area contributed by atoms with Crippen molar-refractivity contribution in [3.05, 3.63) is 34.9 Å². The van der Waals surface area contributed by atoms with Gasteiger partial charge in [0.05, 0.1) is 18.9 Å². The van der Waals surface area contributed by atoms with Gasteiger partial charge >= 0.3 is 5.97 Å². The van der Waals surface area contributed by atoms with Crippen molar-refractivity contribution in [2.24, 2.45) is 0 Å². The number of carbonyl (C=O) groups excluding carboxylic acids is 2. The van der Waals surface area contributed by atoms with Crippen molar-refractivity contribution >= 4 is 23.5 Å². The summed E-state index contributed by atoms with van der Waals surface area (Å²) in [5.74, 6) is -0.352. The van der Waals surface area contributed by atoms with Crippen LogP contribution in [-0.4, -0.2) is 25.5 Å². The fourth-order valence-corrected chi connectivity index (χ4v) is 2.22. The molecule has 0 saturated heterocycles. The highest BCUT2D eigenvalue weighted by molar-refractivity contribution is 6.30. The lowest BCUT2D eigenvalue weighted by atomic mass is 9.95. The van der Waals surface area contributed by atoms with Gasteiger partial charge in [0.2, 0.25) is 5.91 Å². The van der Waals surface area contributed by atoms with Gasteiger partial charge in [0, 0.05) is 11.6 Å². The lowest BCUT2D eigenvalue weighted by molar-refractivity contribution is -0.140. The van der Waals surface area contributed by atoms with E-state index in [1.54, 1.807) is 12.1 Å². The summed E-state index contributed by atoms with van der Waals surface area (Å²) in [5, 5.41) is 3.45. The van der Waals surface area contributed by atoms with Crippen molar-refractivity contribution in [1.29, 1.82) is 0 Å². The Bertz CT molecular complexity index is 480. The van der Waals surface area contributed by atoms with E-state index in [-0.39, 0.29) is 18.3 Å².